The van der Waals surface area contributed by atoms with Crippen LogP contribution in [0.15, 0.2) is 23.3 Å². The average molecular weight is 231 g/mol. The lowest BCUT2D eigenvalue weighted by atomic mass is 10.0. The van der Waals surface area contributed by atoms with Crippen LogP contribution in [0.1, 0.15) is 18.0 Å². The Bertz CT molecular complexity index is 350. The molecule has 1 aliphatic rings. The normalized spacial score (nSPS) is 17.7. The van der Waals surface area contributed by atoms with Gasteiger partial charge in [0, 0.05) is 6.42 Å². The Morgan fingerprint density at radius 3 is 3.00 bits per heavy atom. The monoisotopic (exact) mass is 230 g/mol. The lowest BCUT2D eigenvalue weighted by Crippen LogP contribution is -2.28. The van der Waals surface area contributed by atoms with Crippen molar-refractivity contribution in [2.24, 2.45) is 5.84 Å². The molecule has 0 radical (unpaired) electrons. The van der Waals surface area contributed by atoms with E-state index < -0.39 is 0 Å². The van der Waals surface area contributed by atoms with E-state index >= 15 is 0 Å². The standard InChI is InChI=1S/C9H11ClN2OS/c10-8-3-7(5-14-8)9(12-11)6-1-2-13-4-6/h3-5,9,12H,1-2,11H2. The van der Waals surface area contributed by atoms with Crippen molar-refractivity contribution in [1.82, 2.24) is 5.43 Å². The average Bonchev–Trinajstić information content (AvgIpc) is 2.79. The molecule has 0 amide bonds. The van der Waals surface area contributed by atoms with E-state index in [1.807, 2.05) is 11.4 Å². The van der Waals surface area contributed by atoms with Gasteiger partial charge in [-0.15, -0.1) is 11.3 Å². The predicted molar refractivity (Wildman–Crippen MR) is 58.0 cm³/mol. The van der Waals surface area contributed by atoms with Crippen LogP contribution in [0.25, 0.3) is 0 Å². The van der Waals surface area contributed by atoms with Crippen molar-refractivity contribution in [3.05, 3.63) is 33.2 Å². The fourth-order valence-electron chi connectivity index (χ4n) is 1.51. The van der Waals surface area contributed by atoms with Gasteiger partial charge >= 0.3 is 0 Å². The van der Waals surface area contributed by atoms with Gasteiger partial charge in [0.05, 0.1) is 23.2 Å². The molecule has 0 fully saturated rings. The summed E-state index contributed by atoms with van der Waals surface area (Å²) in [4.78, 5) is 0. The molecule has 0 aliphatic carbocycles. The second-order valence-electron chi connectivity index (χ2n) is 3.10. The second-order valence-corrected chi connectivity index (χ2v) is 4.64. The molecule has 0 aromatic carbocycles. The molecule has 1 aromatic heterocycles. The number of rotatable bonds is 3. The predicted octanol–water partition coefficient (Wildman–Crippen LogP) is 2.21. The number of ether oxygens (including phenoxy) is 1. The minimum atomic E-state index is 0.0289. The molecule has 76 valence electrons. The van der Waals surface area contributed by atoms with Crippen LogP contribution in [0.4, 0.5) is 0 Å². The highest BCUT2D eigenvalue weighted by Crippen LogP contribution is 2.31. The van der Waals surface area contributed by atoms with Crippen LogP contribution in [0, 0.1) is 0 Å². The van der Waals surface area contributed by atoms with Gasteiger partial charge in [-0.1, -0.05) is 11.6 Å². The number of halogens is 1. The molecule has 3 N–H and O–H groups in total. The minimum absolute atomic E-state index is 0.0289. The van der Waals surface area contributed by atoms with Crippen molar-refractivity contribution in [3.8, 4) is 0 Å². The summed E-state index contributed by atoms with van der Waals surface area (Å²) in [5.74, 6) is 5.51. The molecule has 0 saturated carbocycles. The maximum absolute atomic E-state index is 5.87. The molecule has 14 heavy (non-hydrogen) atoms. The zero-order chi connectivity index (χ0) is 9.97. The summed E-state index contributed by atoms with van der Waals surface area (Å²) < 4.78 is 5.96. The SMILES string of the molecule is NNC(C1=COCC1)c1csc(Cl)c1. The first-order chi connectivity index (χ1) is 6.81. The second kappa shape index (κ2) is 4.31. The van der Waals surface area contributed by atoms with Crippen LogP contribution >= 0.6 is 22.9 Å². The Labute approximate surface area is 91.5 Å². The van der Waals surface area contributed by atoms with Crippen LogP contribution in [-0.2, 0) is 4.74 Å². The molecular weight excluding hydrogens is 220 g/mol. The van der Waals surface area contributed by atoms with Crippen LogP contribution < -0.4 is 11.3 Å². The van der Waals surface area contributed by atoms with E-state index in [1.165, 1.54) is 16.9 Å². The van der Waals surface area contributed by atoms with Gasteiger partial charge in [0.25, 0.3) is 0 Å². The summed E-state index contributed by atoms with van der Waals surface area (Å²) in [5, 5.41) is 2.01. The van der Waals surface area contributed by atoms with E-state index in [1.54, 1.807) is 6.26 Å². The quantitative estimate of drug-likeness (QED) is 0.618. The summed E-state index contributed by atoms with van der Waals surface area (Å²) in [6.45, 7) is 0.741. The number of thiophene rings is 1. The molecule has 3 nitrogen and oxygen atoms in total. The lowest BCUT2D eigenvalue weighted by molar-refractivity contribution is 0.281. The van der Waals surface area contributed by atoms with Crippen LogP contribution in [0.2, 0.25) is 4.34 Å². The Kier molecular flexibility index (Phi) is 3.08. The van der Waals surface area contributed by atoms with Crippen molar-refractivity contribution < 1.29 is 4.74 Å². The third-order valence-electron chi connectivity index (χ3n) is 2.20. The topological polar surface area (TPSA) is 47.3 Å². The Morgan fingerprint density at radius 1 is 1.64 bits per heavy atom. The smallest absolute Gasteiger partial charge is 0.0931 e. The van der Waals surface area contributed by atoms with Crippen molar-refractivity contribution in [2.45, 2.75) is 12.5 Å². The maximum Gasteiger partial charge on any atom is 0.0931 e. The molecule has 0 bridgehead atoms. The molecule has 5 heteroatoms. The van der Waals surface area contributed by atoms with E-state index in [2.05, 4.69) is 5.43 Å². The molecule has 1 aliphatic heterocycles. The van der Waals surface area contributed by atoms with Crippen molar-refractivity contribution in [3.63, 3.8) is 0 Å². The first kappa shape index (κ1) is 9.98. The van der Waals surface area contributed by atoms with Crippen molar-refractivity contribution >= 4 is 22.9 Å². The summed E-state index contributed by atoms with van der Waals surface area (Å²) in [7, 11) is 0. The highest BCUT2D eigenvalue weighted by Gasteiger charge is 2.19. The molecule has 0 spiro atoms. The Balaban J connectivity index is 2.20. The van der Waals surface area contributed by atoms with Gasteiger partial charge in [0.15, 0.2) is 0 Å². The third kappa shape index (κ3) is 1.93. The number of nitrogens with one attached hydrogen (secondary N) is 1. The molecule has 2 heterocycles. The van der Waals surface area contributed by atoms with E-state index in [0.29, 0.717) is 0 Å². The fraction of sp³-hybridized carbons (Fsp3) is 0.333. The van der Waals surface area contributed by atoms with E-state index in [-0.39, 0.29) is 6.04 Å². The van der Waals surface area contributed by atoms with Crippen LogP contribution in [-0.4, -0.2) is 6.61 Å². The summed E-state index contributed by atoms with van der Waals surface area (Å²) in [6.07, 6.45) is 2.69. The fourth-order valence-corrected chi connectivity index (χ4v) is 2.42. The first-order valence-corrected chi connectivity index (χ1v) is 5.57. The van der Waals surface area contributed by atoms with Gasteiger partial charge < -0.3 is 4.74 Å². The number of nitrogens with two attached hydrogens (primary N) is 1. The molecule has 1 unspecified atom stereocenters. The molecule has 1 aromatic rings. The Hall–Kier alpha value is -0.550. The van der Waals surface area contributed by atoms with Crippen LogP contribution in [0.5, 0.6) is 0 Å². The summed E-state index contributed by atoms with van der Waals surface area (Å²) >= 11 is 7.38. The van der Waals surface area contributed by atoms with Gasteiger partial charge in [-0.2, -0.15) is 0 Å². The van der Waals surface area contributed by atoms with Gasteiger partial charge in [0.2, 0.25) is 0 Å². The molecule has 0 saturated heterocycles. The van der Waals surface area contributed by atoms with Gasteiger partial charge in [-0.3, -0.25) is 5.84 Å². The molecular formula is C9H11ClN2OS. The number of hydrogen-bond acceptors (Lipinski definition) is 4. The number of hydrogen-bond donors (Lipinski definition) is 2. The Morgan fingerprint density at radius 2 is 2.50 bits per heavy atom. The minimum Gasteiger partial charge on any atom is -0.501 e. The first-order valence-electron chi connectivity index (χ1n) is 4.32. The van der Waals surface area contributed by atoms with Crippen LogP contribution in [0.3, 0.4) is 0 Å². The van der Waals surface area contributed by atoms with Gasteiger partial charge in [-0.05, 0) is 22.6 Å². The summed E-state index contributed by atoms with van der Waals surface area (Å²) in [6, 6.07) is 1.96. The lowest BCUT2D eigenvalue weighted by Gasteiger charge is -2.14. The highest BCUT2D eigenvalue weighted by atomic mass is 35.5. The molecule has 2 rings (SSSR count). The largest absolute Gasteiger partial charge is 0.501 e. The zero-order valence-electron chi connectivity index (χ0n) is 7.50. The van der Waals surface area contributed by atoms with Crippen molar-refractivity contribution in [2.75, 3.05) is 6.61 Å². The number of hydrazine groups is 1. The van der Waals surface area contributed by atoms with Gasteiger partial charge in [0.1, 0.15) is 0 Å². The zero-order valence-corrected chi connectivity index (χ0v) is 9.07. The van der Waals surface area contributed by atoms with E-state index in [9.17, 15) is 0 Å². The molecule has 1 atom stereocenters. The van der Waals surface area contributed by atoms with E-state index in [4.69, 9.17) is 22.2 Å². The third-order valence-corrected chi connectivity index (χ3v) is 3.31. The van der Waals surface area contributed by atoms with E-state index in [0.717, 1.165) is 22.9 Å². The maximum atomic E-state index is 5.87. The van der Waals surface area contributed by atoms with Crippen molar-refractivity contribution in [1.29, 1.82) is 0 Å². The highest BCUT2D eigenvalue weighted by molar-refractivity contribution is 7.14. The van der Waals surface area contributed by atoms with Gasteiger partial charge in [-0.25, -0.2) is 5.43 Å². The summed E-state index contributed by atoms with van der Waals surface area (Å²) in [5.41, 5.74) is 5.04.